The molecule has 10 nitrogen and oxygen atoms in total. The molecule has 3 aromatic rings. The molecule has 146 valence electrons. The predicted octanol–water partition coefficient (Wildman–Crippen LogP) is 3.47. The Hall–Kier alpha value is -2.92. The van der Waals surface area contributed by atoms with Gasteiger partial charge >= 0.3 is 5.82 Å². The second-order valence-electron chi connectivity index (χ2n) is 5.62. The number of hydrogen-bond donors (Lipinski definition) is 1. The van der Waals surface area contributed by atoms with Gasteiger partial charge in [-0.2, -0.15) is 9.78 Å². The van der Waals surface area contributed by atoms with Gasteiger partial charge in [-0.3, -0.25) is 4.79 Å². The van der Waals surface area contributed by atoms with Crippen molar-refractivity contribution in [1.82, 2.24) is 19.6 Å². The molecule has 0 spiro atoms. The van der Waals surface area contributed by atoms with Crippen molar-refractivity contribution in [2.45, 2.75) is 19.7 Å². The predicted molar refractivity (Wildman–Crippen MR) is 104 cm³/mol. The maximum atomic E-state index is 12.1. The highest BCUT2D eigenvalue weighted by Gasteiger charge is 2.18. The third-order valence-electron chi connectivity index (χ3n) is 3.52. The fourth-order valence-electron chi connectivity index (χ4n) is 2.26. The average Bonchev–Trinajstić information content (AvgIpc) is 3.24. The van der Waals surface area contributed by atoms with Crippen molar-refractivity contribution in [2.75, 3.05) is 5.32 Å². The summed E-state index contributed by atoms with van der Waals surface area (Å²) in [6.07, 6.45) is 4.67. The van der Waals surface area contributed by atoms with Crippen molar-refractivity contribution >= 4 is 44.9 Å². The molecule has 0 fully saturated rings. The van der Waals surface area contributed by atoms with Crippen LogP contribution in [-0.4, -0.2) is 30.4 Å². The van der Waals surface area contributed by atoms with Gasteiger partial charge in [0, 0.05) is 11.4 Å². The second kappa shape index (κ2) is 8.85. The van der Waals surface area contributed by atoms with E-state index < -0.39 is 4.92 Å². The molecular formula is C16H14BrClN6O4. The molecule has 0 atom stereocenters. The Bertz CT molecular complexity index is 1000. The first-order chi connectivity index (χ1) is 13.4. The van der Waals surface area contributed by atoms with Crippen LogP contribution in [0.2, 0.25) is 5.02 Å². The summed E-state index contributed by atoms with van der Waals surface area (Å²) in [4.78, 5) is 22.2. The fraction of sp³-hybridized carbons (Fsp3) is 0.188. The molecule has 0 aliphatic heterocycles. The van der Waals surface area contributed by atoms with E-state index in [1.54, 1.807) is 30.5 Å². The minimum Gasteiger partial charge on any atom is -0.471 e. The Balaban J connectivity index is 1.48. The number of nitrogens with zero attached hydrogens (tertiary/aromatic N) is 5. The number of nitro groups is 1. The molecule has 0 saturated heterocycles. The van der Waals surface area contributed by atoms with Gasteiger partial charge in [0.05, 0.1) is 35.9 Å². The Morgan fingerprint density at radius 1 is 1.36 bits per heavy atom. The molecule has 2 aromatic heterocycles. The first-order valence-electron chi connectivity index (χ1n) is 7.99. The molecule has 3 rings (SSSR count). The second-order valence-corrected chi connectivity index (χ2v) is 6.91. The lowest BCUT2D eigenvalue weighted by Crippen LogP contribution is -2.14. The van der Waals surface area contributed by atoms with Gasteiger partial charge in [-0.1, -0.05) is 17.7 Å². The SMILES string of the molecule is O=C(CCn1cc(Br)c([N+](=O)[O-])n1)Nc1cnn(COc2cccc(Cl)c2)c1. The van der Waals surface area contributed by atoms with Crippen LogP contribution in [0.3, 0.4) is 0 Å². The van der Waals surface area contributed by atoms with E-state index >= 15 is 0 Å². The van der Waals surface area contributed by atoms with Gasteiger partial charge in [-0.15, -0.1) is 0 Å². The summed E-state index contributed by atoms with van der Waals surface area (Å²) in [5.74, 6) is 0.0408. The normalized spacial score (nSPS) is 10.6. The number of anilines is 1. The van der Waals surface area contributed by atoms with E-state index in [0.717, 1.165) is 0 Å². The van der Waals surface area contributed by atoms with Crippen LogP contribution in [0.5, 0.6) is 5.75 Å². The average molecular weight is 470 g/mol. The van der Waals surface area contributed by atoms with Crippen molar-refractivity contribution in [2.24, 2.45) is 0 Å². The van der Waals surface area contributed by atoms with Gasteiger partial charge in [0.2, 0.25) is 5.91 Å². The van der Waals surface area contributed by atoms with Crippen LogP contribution in [0, 0.1) is 10.1 Å². The lowest BCUT2D eigenvalue weighted by molar-refractivity contribution is -0.390. The summed E-state index contributed by atoms with van der Waals surface area (Å²) in [5, 5.41) is 21.9. The molecule has 0 saturated carbocycles. The number of ether oxygens (including phenoxy) is 1. The monoisotopic (exact) mass is 468 g/mol. The number of benzene rings is 1. The molecule has 1 amide bonds. The van der Waals surface area contributed by atoms with E-state index in [-0.39, 0.29) is 35.9 Å². The number of halogens is 2. The first-order valence-corrected chi connectivity index (χ1v) is 9.16. The zero-order valence-electron chi connectivity index (χ0n) is 14.3. The molecular weight excluding hydrogens is 456 g/mol. The van der Waals surface area contributed by atoms with Crippen molar-refractivity contribution in [3.63, 3.8) is 0 Å². The first kappa shape index (κ1) is 19.8. The topological polar surface area (TPSA) is 117 Å². The van der Waals surface area contributed by atoms with E-state index in [1.807, 2.05) is 0 Å². The number of amides is 1. The quantitative estimate of drug-likeness (QED) is 0.399. The van der Waals surface area contributed by atoms with E-state index in [0.29, 0.717) is 16.5 Å². The van der Waals surface area contributed by atoms with Gasteiger partial charge < -0.3 is 20.2 Å². The van der Waals surface area contributed by atoms with E-state index in [4.69, 9.17) is 16.3 Å². The van der Waals surface area contributed by atoms with Crippen molar-refractivity contribution in [1.29, 1.82) is 0 Å². The van der Waals surface area contributed by atoms with Crippen molar-refractivity contribution in [3.8, 4) is 5.75 Å². The van der Waals surface area contributed by atoms with Crippen LogP contribution in [0.25, 0.3) is 0 Å². The lowest BCUT2D eigenvalue weighted by Gasteiger charge is -2.06. The zero-order valence-corrected chi connectivity index (χ0v) is 16.6. The molecule has 2 heterocycles. The fourth-order valence-corrected chi connectivity index (χ4v) is 2.90. The molecule has 1 N–H and O–H groups in total. The number of aromatic nitrogens is 4. The third kappa shape index (κ3) is 5.30. The molecule has 28 heavy (non-hydrogen) atoms. The number of carbonyl (C=O) groups is 1. The summed E-state index contributed by atoms with van der Waals surface area (Å²) in [6, 6.07) is 6.98. The minimum absolute atomic E-state index is 0.0927. The van der Waals surface area contributed by atoms with Crippen molar-refractivity contribution in [3.05, 3.63) is 62.5 Å². The molecule has 12 heteroatoms. The Kier molecular flexibility index (Phi) is 6.26. The molecule has 0 aliphatic carbocycles. The van der Waals surface area contributed by atoms with Crippen LogP contribution >= 0.6 is 27.5 Å². The van der Waals surface area contributed by atoms with Gasteiger partial charge in [-0.25, -0.2) is 4.68 Å². The number of aryl methyl sites for hydroxylation is 1. The lowest BCUT2D eigenvalue weighted by atomic mass is 10.3. The number of rotatable bonds is 8. The summed E-state index contributed by atoms with van der Waals surface area (Å²) in [6.45, 7) is 0.353. The number of nitrogens with one attached hydrogen (secondary N) is 1. The van der Waals surface area contributed by atoms with Gasteiger partial charge in [0.25, 0.3) is 0 Å². The third-order valence-corrected chi connectivity index (χ3v) is 4.31. The van der Waals surface area contributed by atoms with Crippen LogP contribution in [0.15, 0.2) is 47.3 Å². The number of hydrogen-bond acceptors (Lipinski definition) is 6. The highest BCUT2D eigenvalue weighted by Crippen LogP contribution is 2.22. The molecule has 0 radical (unpaired) electrons. The van der Waals surface area contributed by atoms with Crippen LogP contribution in [0.1, 0.15) is 6.42 Å². The maximum absolute atomic E-state index is 12.1. The Morgan fingerprint density at radius 2 is 2.18 bits per heavy atom. The molecule has 1 aromatic carbocycles. The summed E-state index contributed by atoms with van der Waals surface area (Å²) >= 11 is 8.96. The van der Waals surface area contributed by atoms with E-state index in [2.05, 4.69) is 31.4 Å². The van der Waals surface area contributed by atoms with Crippen LogP contribution in [0.4, 0.5) is 11.5 Å². The summed E-state index contributed by atoms with van der Waals surface area (Å²) < 4.78 is 8.68. The standard InChI is InChI=1S/C16H14BrClN6O4/c17-14-9-22(21-16(14)24(26)27)5-4-15(25)20-12-7-19-23(8-12)10-28-13-3-1-2-11(18)6-13/h1-3,6-9H,4-5,10H2,(H,20,25). The largest absolute Gasteiger partial charge is 0.471 e. The van der Waals surface area contributed by atoms with Gasteiger partial charge in [-0.05, 0) is 39.1 Å². The maximum Gasteiger partial charge on any atom is 0.404 e. The van der Waals surface area contributed by atoms with Crippen molar-refractivity contribution < 1.29 is 14.5 Å². The summed E-state index contributed by atoms with van der Waals surface area (Å²) in [7, 11) is 0. The van der Waals surface area contributed by atoms with Gasteiger partial charge in [0.15, 0.2) is 6.73 Å². The van der Waals surface area contributed by atoms with Crippen LogP contribution < -0.4 is 10.1 Å². The highest BCUT2D eigenvalue weighted by molar-refractivity contribution is 9.10. The molecule has 0 aliphatic rings. The van der Waals surface area contributed by atoms with Gasteiger partial charge in [0.1, 0.15) is 10.2 Å². The molecule has 0 bridgehead atoms. The minimum atomic E-state index is -0.597. The number of carbonyl (C=O) groups excluding carboxylic acids is 1. The highest BCUT2D eigenvalue weighted by atomic mass is 79.9. The molecule has 0 unspecified atom stereocenters. The summed E-state index contributed by atoms with van der Waals surface area (Å²) in [5.41, 5.74) is 0.507. The Morgan fingerprint density at radius 3 is 2.89 bits per heavy atom. The van der Waals surface area contributed by atoms with E-state index in [9.17, 15) is 14.9 Å². The zero-order chi connectivity index (χ0) is 20.1. The van der Waals surface area contributed by atoms with E-state index in [1.165, 1.54) is 21.8 Å². The smallest absolute Gasteiger partial charge is 0.404 e. The Labute approximate surface area is 172 Å². The van der Waals surface area contributed by atoms with Crippen LogP contribution in [-0.2, 0) is 18.1 Å².